The molecule has 1 amide bonds. The molecule has 2 bridgehead atoms. The van der Waals surface area contributed by atoms with Gasteiger partial charge in [-0.1, -0.05) is 42.5 Å². The number of benzene rings is 2. The maximum atomic E-state index is 12.5. The second-order valence-corrected chi connectivity index (χ2v) is 8.81. The molecule has 150 valence electrons. The van der Waals surface area contributed by atoms with E-state index in [9.17, 15) is 9.59 Å². The number of piperidine rings is 1. The fourth-order valence-electron chi connectivity index (χ4n) is 6.10. The number of carbonyl (C=O) groups excluding carboxylic acids is 2. The van der Waals surface area contributed by atoms with Gasteiger partial charge in [-0.3, -0.25) is 9.59 Å². The number of ether oxygens (including phenoxy) is 1. The minimum absolute atomic E-state index is 0.133. The first-order valence-corrected chi connectivity index (χ1v) is 10.7. The van der Waals surface area contributed by atoms with E-state index in [1.165, 1.54) is 11.1 Å². The van der Waals surface area contributed by atoms with Crippen molar-refractivity contribution in [2.45, 2.75) is 57.1 Å². The Hall–Kier alpha value is -2.62. The number of fused-ring (bicyclic) bond motifs is 1. The van der Waals surface area contributed by atoms with Crippen LogP contribution in [0.25, 0.3) is 0 Å². The smallest absolute Gasteiger partial charge is 0.219 e. The van der Waals surface area contributed by atoms with Crippen molar-refractivity contribution in [3.05, 3.63) is 65.2 Å². The molecule has 29 heavy (non-hydrogen) atoms. The van der Waals surface area contributed by atoms with Crippen LogP contribution < -0.4 is 4.74 Å². The van der Waals surface area contributed by atoms with E-state index in [1.807, 2.05) is 24.3 Å². The van der Waals surface area contributed by atoms with E-state index in [1.54, 1.807) is 6.92 Å². The van der Waals surface area contributed by atoms with Crippen LogP contribution in [0.1, 0.15) is 49.3 Å². The SMILES string of the molecule is CC(=O)N1CC[C@]23CC(=O)CC[C@H]2[C@H]1Cc1c(OCc2ccccc2)cccc13. The summed E-state index contributed by atoms with van der Waals surface area (Å²) in [4.78, 5) is 26.9. The summed E-state index contributed by atoms with van der Waals surface area (Å²) in [6.45, 7) is 2.94. The standard InChI is InChI=1S/C25H27NO3/c1-17(27)26-13-12-25-15-19(28)10-11-22(25)23(26)14-20-21(25)8-5-9-24(20)29-16-18-6-3-2-4-7-18/h2-9,22-23H,10-16H2,1H3/t22-,23+,25+/m0/s1. The van der Waals surface area contributed by atoms with Gasteiger partial charge in [0, 0.05) is 37.8 Å². The molecule has 5 rings (SSSR count). The van der Waals surface area contributed by atoms with Crippen molar-refractivity contribution in [2.24, 2.45) is 5.92 Å². The summed E-state index contributed by atoms with van der Waals surface area (Å²) in [6, 6.07) is 16.7. The van der Waals surface area contributed by atoms with Gasteiger partial charge in [-0.15, -0.1) is 0 Å². The van der Waals surface area contributed by atoms with Gasteiger partial charge >= 0.3 is 0 Å². The number of rotatable bonds is 3. The van der Waals surface area contributed by atoms with Crippen LogP contribution in [0.15, 0.2) is 48.5 Å². The van der Waals surface area contributed by atoms with Gasteiger partial charge in [0.1, 0.15) is 18.1 Å². The molecule has 3 aliphatic rings. The number of nitrogens with zero attached hydrogens (tertiary/aromatic N) is 1. The molecule has 2 aliphatic carbocycles. The second-order valence-electron chi connectivity index (χ2n) is 8.81. The molecule has 0 unspecified atom stereocenters. The fourth-order valence-corrected chi connectivity index (χ4v) is 6.10. The average Bonchev–Trinajstić information content (AvgIpc) is 2.72. The number of hydrogen-bond acceptors (Lipinski definition) is 3. The number of Topliss-reactive ketones (excluding diaryl/α,β-unsaturated/α-hetero) is 1. The van der Waals surface area contributed by atoms with Gasteiger partial charge in [0.05, 0.1) is 0 Å². The zero-order chi connectivity index (χ0) is 20.0. The fraction of sp³-hybridized carbons (Fsp3) is 0.440. The van der Waals surface area contributed by atoms with Gasteiger partial charge < -0.3 is 9.64 Å². The highest BCUT2D eigenvalue weighted by molar-refractivity contribution is 5.82. The average molecular weight is 389 g/mol. The van der Waals surface area contributed by atoms with E-state index in [-0.39, 0.29) is 17.4 Å². The summed E-state index contributed by atoms with van der Waals surface area (Å²) >= 11 is 0. The van der Waals surface area contributed by atoms with Gasteiger partial charge in [0.2, 0.25) is 5.91 Å². The third kappa shape index (κ3) is 2.97. The van der Waals surface area contributed by atoms with Crippen LogP contribution in [0.3, 0.4) is 0 Å². The van der Waals surface area contributed by atoms with Crippen LogP contribution in [0.2, 0.25) is 0 Å². The molecule has 0 spiro atoms. The van der Waals surface area contributed by atoms with Gasteiger partial charge in [0.15, 0.2) is 0 Å². The van der Waals surface area contributed by atoms with Crippen molar-refractivity contribution < 1.29 is 14.3 Å². The first-order valence-electron chi connectivity index (χ1n) is 10.7. The normalized spacial score (nSPS) is 27.8. The lowest BCUT2D eigenvalue weighted by Crippen LogP contribution is -2.62. The summed E-state index contributed by atoms with van der Waals surface area (Å²) in [6.07, 6.45) is 3.83. The van der Waals surface area contributed by atoms with E-state index >= 15 is 0 Å². The topological polar surface area (TPSA) is 46.6 Å². The third-order valence-electron chi connectivity index (χ3n) is 7.34. The molecule has 2 aromatic carbocycles. The number of hydrogen-bond donors (Lipinski definition) is 0. The summed E-state index contributed by atoms with van der Waals surface area (Å²) < 4.78 is 6.27. The monoisotopic (exact) mass is 389 g/mol. The molecule has 1 aliphatic heterocycles. The summed E-state index contributed by atoms with van der Waals surface area (Å²) in [7, 11) is 0. The maximum Gasteiger partial charge on any atom is 0.219 e. The quantitative estimate of drug-likeness (QED) is 0.796. The molecule has 0 radical (unpaired) electrons. The Kier molecular flexibility index (Phi) is 4.45. The molecule has 0 N–H and O–H groups in total. The Morgan fingerprint density at radius 3 is 2.79 bits per heavy atom. The highest BCUT2D eigenvalue weighted by Crippen LogP contribution is 2.56. The van der Waals surface area contributed by atoms with E-state index in [4.69, 9.17) is 4.74 Å². The lowest BCUT2D eigenvalue weighted by atomic mass is 9.52. The molecule has 4 nitrogen and oxygen atoms in total. The van der Waals surface area contributed by atoms with E-state index in [0.29, 0.717) is 31.1 Å². The van der Waals surface area contributed by atoms with Crippen molar-refractivity contribution in [1.29, 1.82) is 0 Å². The molecule has 1 saturated heterocycles. The van der Waals surface area contributed by atoms with E-state index in [2.05, 4.69) is 29.2 Å². The largest absolute Gasteiger partial charge is 0.489 e. The minimum atomic E-state index is -0.133. The van der Waals surface area contributed by atoms with Crippen LogP contribution in [0.5, 0.6) is 5.75 Å². The summed E-state index contributed by atoms with van der Waals surface area (Å²) in [5.74, 6) is 1.78. The minimum Gasteiger partial charge on any atom is -0.489 e. The third-order valence-corrected chi connectivity index (χ3v) is 7.34. The van der Waals surface area contributed by atoms with Crippen LogP contribution in [0, 0.1) is 5.92 Å². The summed E-state index contributed by atoms with van der Waals surface area (Å²) in [5.41, 5.74) is 3.49. The van der Waals surface area contributed by atoms with Crippen molar-refractivity contribution in [1.82, 2.24) is 4.90 Å². The van der Waals surface area contributed by atoms with Crippen molar-refractivity contribution in [3.63, 3.8) is 0 Å². The summed E-state index contributed by atoms with van der Waals surface area (Å²) in [5, 5.41) is 0. The second kappa shape index (κ2) is 7.01. The Morgan fingerprint density at radius 1 is 1.17 bits per heavy atom. The Bertz CT molecular complexity index is 954. The van der Waals surface area contributed by atoms with Crippen LogP contribution >= 0.6 is 0 Å². The predicted molar refractivity (Wildman–Crippen MR) is 111 cm³/mol. The number of likely N-dealkylation sites (tertiary alicyclic amines) is 1. The van der Waals surface area contributed by atoms with Crippen molar-refractivity contribution >= 4 is 11.7 Å². The van der Waals surface area contributed by atoms with Crippen LogP contribution in [0.4, 0.5) is 0 Å². The molecule has 1 heterocycles. The number of carbonyl (C=O) groups is 2. The Balaban J connectivity index is 1.55. The highest BCUT2D eigenvalue weighted by atomic mass is 16.5. The highest BCUT2D eigenvalue weighted by Gasteiger charge is 2.56. The number of ketones is 1. The molecule has 2 fully saturated rings. The van der Waals surface area contributed by atoms with Gasteiger partial charge in [-0.25, -0.2) is 0 Å². The van der Waals surface area contributed by atoms with Crippen LogP contribution in [-0.4, -0.2) is 29.2 Å². The molecule has 0 aromatic heterocycles. The van der Waals surface area contributed by atoms with Gasteiger partial charge in [-0.05, 0) is 47.9 Å². The van der Waals surface area contributed by atoms with E-state index < -0.39 is 0 Å². The van der Waals surface area contributed by atoms with Crippen molar-refractivity contribution in [2.75, 3.05) is 6.54 Å². The first-order chi connectivity index (χ1) is 14.1. The molecular formula is C25H27NO3. The van der Waals surface area contributed by atoms with E-state index in [0.717, 1.165) is 37.1 Å². The van der Waals surface area contributed by atoms with Crippen molar-refractivity contribution in [3.8, 4) is 5.75 Å². The predicted octanol–water partition coefficient (Wildman–Crippen LogP) is 4.05. The van der Waals surface area contributed by atoms with Gasteiger partial charge in [0.25, 0.3) is 0 Å². The Morgan fingerprint density at radius 2 is 2.00 bits per heavy atom. The molecule has 1 saturated carbocycles. The molecule has 3 atom stereocenters. The maximum absolute atomic E-state index is 12.5. The zero-order valence-corrected chi connectivity index (χ0v) is 16.9. The Labute approximate surface area is 171 Å². The molecule has 4 heteroatoms. The lowest BCUT2D eigenvalue weighted by Gasteiger charge is -2.58. The first kappa shape index (κ1) is 18.4. The lowest BCUT2D eigenvalue weighted by molar-refractivity contribution is -0.140. The zero-order valence-electron chi connectivity index (χ0n) is 16.9. The molecular weight excluding hydrogens is 362 g/mol. The van der Waals surface area contributed by atoms with Crippen LogP contribution in [-0.2, 0) is 28.0 Å². The van der Waals surface area contributed by atoms with Gasteiger partial charge in [-0.2, -0.15) is 0 Å². The number of amides is 1. The molecule has 2 aromatic rings.